The molecule has 1 aliphatic rings. The number of likely N-dealkylation sites (N-methyl/N-ethyl adjacent to an activating group) is 1. The molecule has 0 saturated heterocycles. The van der Waals surface area contributed by atoms with Gasteiger partial charge in [-0.3, -0.25) is 0 Å². The molecular formula is C34H33NO5. The molecule has 0 N–H and O–H groups in total. The molecule has 0 radical (unpaired) electrons. The number of carbonyl (C=O) groups excluding carboxylic acids is 1. The summed E-state index contributed by atoms with van der Waals surface area (Å²) in [7, 11) is 4.06. The van der Waals surface area contributed by atoms with Gasteiger partial charge in [0.05, 0.1) is 5.56 Å². The van der Waals surface area contributed by atoms with Crippen LogP contribution in [0.2, 0.25) is 0 Å². The standard InChI is InChI=1S/C34H33NO5/c1-4-30(27-14-19-31-32(22-27)39-23-38-31)33(24-10-15-28(16-11-24)37-21-20-35(2)3)25-12-17-29(18-13-25)40-34(36)26-8-6-5-7-9-26/h5-19,22H,4,20-21,23H2,1-3H3. The number of esters is 1. The minimum absolute atomic E-state index is 0.231. The highest BCUT2D eigenvalue weighted by molar-refractivity contribution is 5.99. The lowest BCUT2D eigenvalue weighted by atomic mass is 9.88. The predicted molar refractivity (Wildman–Crippen MR) is 157 cm³/mol. The molecule has 0 spiro atoms. The Labute approximate surface area is 235 Å². The van der Waals surface area contributed by atoms with Crippen LogP contribution in [0.3, 0.4) is 0 Å². The third-order valence-corrected chi connectivity index (χ3v) is 6.69. The Morgan fingerprint density at radius 1 is 0.750 bits per heavy atom. The minimum atomic E-state index is -0.386. The van der Waals surface area contributed by atoms with E-state index < -0.39 is 0 Å². The molecule has 0 aromatic heterocycles. The SMILES string of the molecule is CCC(=C(c1ccc(OCCN(C)C)cc1)c1ccc(OC(=O)c2ccccc2)cc1)c1ccc2c(c1)OCO2. The Hall–Kier alpha value is -4.55. The fraction of sp³-hybridized carbons (Fsp3) is 0.206. The first-order chi connectivity index (χ1) is 19.5. The number of fused-ring (bicyclic) bond motifs is 1. The largest absolute Gasteiger partial charge is 0.492 e. The Bertz CT molecular complexity index is 1480. The van der Waals surface area contributed by atoms with Gasteiger partial charge in [0.1, 0.15) is 18.1 Å². The molecule has 0 bridgehead atoms. The van der Waals surface area contributed by atoms with E-state index in [0.717, 1.165) is 58.1 Å². The van der Waals surface area contributed by atoms with Crippen molar-refractivity contribution in [3.05, 3.63) is 119 Å². The zero-order valence-corrected chi connectivity index (χ0v) is 23.1. The molecule has 0 unspecified atom stereocenters. The maximum atomic E-state index is 12.6. The molecular weight excluding hydrogens is 502 g/mol. The zero-order valence-electron chi connectivity index (χ0n) is 23.1. The first-order valence-corrected chi connectivity index (χ1v) is 13.4. The van der Waals surface area contributed by atoms with Gasteiger partial charge in [0.2, 0.25) is 6.79 Å². The van der Waals surface area contributed by atoms with Crippen molar-refractivity contribution in [2.75, 3.05) is 34.0 Å². The summed E-state index contributed by atoms with van der Waals surface area (Å²) in [4.78, 5) is 14.7. The summed E-state index contributed by atoms with van der Waals surface area (Å²) in [5.41, 5.74) is 5.89. The van der Waals surface area contributed by atoms with Crippen LogP contribution in [0.1, 0.15) is 40.4 Å². The Balaban J connectivity index is 1.49. The van der Waals surface area contributed by atoms with Crippen LogP contribution < -0.4 is 18.9 Å². The lowest BCUT2D eigenvalue weighted by Crippen LogP contribution is -2.19. The highest BCUT2D eigenvalue weighted by atomic mass is 16.7. The first kappa shape index (κ1) is 27.0. The Kier molecular flexibility index (Phi) is 8.47. The van der Waals surface area contributed by atoms with Crippen molar-refractivity contribution in [1.82, 2.24) is 4.90 Å². The summed E-state index contributed by atoms with van der Waals surface area (Å²) in [5.74, 6) is 2.43. The summed E-state index contributed by atoms with van der Waals surface area (Å²) in [6.45, 7) is 3.84. The molecule has 40 heavy (non-hydrogen) atoms. The van der Waals surface area contributed by atoms with Gasteiger partial charge in [0.15, 0.2) is 11.5 Å². The molecule has 204 valence electrons. The number of hydrogen-bond acceptors (Lipinski definition) is 6. The van der Waals surface area contributed by atoms with E-state index in [2.05, 4.69) is 30.0 Å². The number of hydrogen-bond donors (Lipinski definition) is 0. The van der Waals surface area contributed by atoms with Crippen molar-refractivity contribution in [3.63, 3.8) is 0 Å². The van der Waals surface area contributed by atoms with Gasteiger partial charge in [-0.15, -0.1) is 0 Å². The maximum absolute atomic E-state index is 12.6. The maximum Gasteiger partial charge on any atom is 0.343 e. The van der Waals surface area contributed by atoms with Gasteiger partial charge in [-0.1, -0.05) is 55.5 Å². The molecule has 6 heteroatoms. The van der Waals surface area contributed by atoms with Gasteiger partial charge in [-0.2, -0.15) is 0 Å². The second-order valence-electron chi connectivity index (χ2n) is 9.73. The van der Waals surface area contributed by atoms with Crippen LogP contribution in [-0.2, 0) is 0 Å². The van der Waals surface area contributed by atoms with Crippen LogP contribution in [0.25, 0.3) is 11.1 Å². The molecule has 6 nitrogen and oxygen atoms in total. The normalized spacial score (nSPS) is 12.7. The van der Waals surface area contributed by atoms with E-state index in [9.17, 15) is 4.79 Å². The number of rotatable bonds is 10. The van der Waals surface area contributed by atoms with E-state index in [1.54, 1.807) is 12.1 Å². The molecule has 5 rings (SSSR count). The molecule has 4 aromatic rings. The van der Waals surface area contributed by atoms with Gasteiger partial charge in [-0.05, 0) is 96.9 Å². The van der Waals surface area contributed by atoms with Crippen molar-refractivity contribution in [2.24, 2.45) is 0 Å². The summed E-state index contributed by atoms with van der Waals surface area (Å²) in [5, 5.41) is 0. The summed E-state index contributed by atoms with van der Waals surface area (Å²) >= 11 is 0. The monoisotopic (exact) mass is 535 g/mol. The highest BCUT2D eigenvalue weighted by Gasteiger charge is 2.18. The minimum Gasteiger partial charge on any atom is -0.492 e. The molecule has 0 aliphatic carbocycles. The van der Waals surface area contributed by atoms with Crippen molar-refractivity contribution in [3.8, 4) is 23.0 Å². The molecule has 0 saturated carbocycles. The van der Waals surface area contributed by atoms with E-state index in [-0.39, 0.29) is 12.8 Å². The Morgan fingerprint density at radius 2 is 1.38 bits per heavy atom. The lowest BCUT2D eigenvalue weighted by molar-refractivity contribution is 0.0734. The molecule has 0 atom stereocenters. The number of carbonyl (C=O) groups is 1. The third kappa shape index (κ3) is 6.35. The number of benzene rings is 4. The Morgan fingerprint density at radius 3 is 2.02 bits per heavy atom. The summed E-state index contributed by atoms with van der Waals surface area (Å²) in [6.07, 6.45) is 0.792. The van der Waals surface area contributed by atoms with E-state index in [4.69, 9.17) is 18.9 Å². The van der Waals surface area contributed by atoms with Gasteiger partial charge in [-0.25, -0.2) is 4.79 Å². The van der Waals surface area contributed by atoms with Crippen molar-refractivity contribution in [2.45, 2.75) is 13.3 Å². The number of allylic oxidation sites excluding steroid dienone is 1. The van der Waals surface area contributed by atoms with Gasteiger partial charge >= 0.3 is 5.97 Å². The molecule has 1 aliphatic heterocycles. The number of ether oxygens (including phenoxy) is 4. The second kappa shape index (κ2) is 12.5. The second-order valence-corrected chi connectivity index (χ2v) is 9.73. The molecule has 0 amide bonds. The summed E-state index contributed by atoms with van der Waals surface area (Å²) < 4.78 is 22.8. The van der Waals surface area contributed by atoms with Crippen molar-refractivity contribution >= 4 is 17.1 Å². The van der Waals surface area contributed by atoms with Gasteiger partial charge in [0, 0.05) is 6.54 Å². The third-order valence-electron chi connectivity index (χ3n) is 6.69. The highest BCUT2D eigenvalue weighted by Crippen LogP contribution is 2.40. The molecule has 1 heterocycles. The van der Waals surface area contributed by atoms with E-state index in [1.807, 2.05) is 80.8 Å². The van der Waals surface area contributed by atoms with Crippen molar-refractivity contribution < 1.29 is 23.7 Å². The summed E-state index contributed by atoms with van der Waals surface area (Å²) in [6, 6.07) is 30.9. The molecule has 0 fully saturated rings. The molecule has 4 aromatic carbocycles. The smallest absolute Gasteiger partial charge is 0.343 e. The topological polar surface area (TPSA) is 57.2 Å². The van der Waals surface area contributed by atoms with E-state index in [1.165, 1.54) is 0 Å². The van der Waals surface area contributed by atoms with Crippen LogP contribution in [-0.4, -0.2) is 44.9 Å². The fourth-order valence-electron chi connectivity index (χ4n) is 4.62. The van der Waals surface area contributed by atoms with Crippen LogP contribution >= 0.6 is 0 Å². The van der Waals surface area contributed by atoms with Crippen LogP contribution in [0.5, 0.6) is 23.0 Å². The lowest BCUT2D eigenvalue weighted by Gasteiger charge is -2.18. The zero-order chi connectivity index (χ0) is 27.9. The predicted octanol–water partition coefficient (Wildman–Crippen LogP) is 6.94. The van der Waals surface area contributed by atoms with Crippen LogP contribution in [0.4, 0.5) is 0 Å². The van der Waals surface area contributed by atoms with Crippen molar-refractivity contribution in [1.29, 1.82) is 0 Å². The van der Waals surface area contributed by atoms with E-state index in [0.29, 0.717) is 17.9 Å². The van der Waals surface area contributed by atoms with Gasteiger partial charge in [0.25, 0.3) is 0 Å². The number of nitrogens with zero attached hydrogens (tertiary/aromatic N) is 1. The van der Waals surface area contributed by atoms with Crippen LogP contribution in [0, 0.1) is 0 Å². The fourth-order valence-corrected chi connectivity index (χ4v) is 4.62. The average molecular weight is 536 g/mol. The van der Waals surface area contributed by atoms with Crippen LogP contribution in [0.15, 0.2) is 97.1 Å². The van der Waals surface area contributed by atoms with E-state index >= 15 is 0 Å². The quantitative estimate of drug-likeness (QED) is 0.125. The van der Waals surface area contributed by atoms with Gasteiger partial charge < -0.3 is 23.8 Å². The first-order valence-electron chi connectivity index (χ1n) is 13.4. The average Bonchev–Trinajstić information content (AvgIpc) is 3.45.